The van der Waals surface area contributed by atoms with E-state index in [9.17, 15) is 18.0 Å². The molecule has 8 heteroatoms. The molecular formula is C24H29N3O4S. The van der Waals surface area contributed by atoms with E-state index in [1.165, 1.54) is 16.4 Å². The Labute approximate surface area is 189 Å². The van der Waals surface area contributed by atoms with Crippen molar-refractivity contribution >= 4 is 39.3 Å². The van der Waals surface area contributed by atoms with Crippen LogP contribution in [0.5, 0.6) is 0 Å². The highest BCUT2D eigenvalue weighted by atomic mass is 32.2. The highest BCUT2D eigenvalue weighted by Gasteiger charge is 2.24. The third-order valence-electron chi connectivity index (χ3n) is 5.48. The molecule has 1 aliphatic heterocycles. The first-order valence-corrected chi connectivity index (χ1v) is 12.2. The molecule has 1 saturated heterocycles. The average Bonchev–Trinajstić information content (AvgIpc) is 3.20. The van der Waals surface area contributed by atoms with Crippen LogP contribution in [-0.4, -0.2) is 44.2 Å². The molecule has 2 aromatic rings. The molecule has 1 aliphatic rings. The summed E-state index contributed by atoms with van der Waals surface area (Å²) < 4.78 is 27.2. The fourth-order valence-electron chi connectivity index (χ4n) is 3.70. The summed E-state index contributed by atoms with van der Waals surface area (Å²) in [7, 11) is -3.62. The first kappa shape index (κ1) is 23.7. The lowest BCUT2D eigenvalue weighted by molar-refractivity contribution is -0.117. The molecule has 0 radical (unpaired) electrons. The van der Waals surface area contributed by atoms with Crippen LogP contribution in [0.25, 0.3) is 6.08 Å². The monoisotopic (exact) mass is 455 g/mol. The summed E-state index contributed by atoms with van der Waals surface area (Å²) in [6, 6.07) is 12.3. The Morgan fingerprint density at radius 2 is 1.81 bits per heavy atom. The predicted molar refractivity (Wildman–Crippen MR) is 127 cm³/mol. The SMILES string of the molecule is CCN(CC)S(=O)(=O)c1cc(NC(=O)/C=C/c2ccc(N3CCCC3=O)cc2)ccc1C. The summed E-state index contributed by atoms with van der Waals surface area (Å²) in [4.78, 5) is 26.2. The summed E-state index contributed by atoms with van der Waals surface area (Å²) in [5.74, 6) is -0.230. The van der Waals surface area contributed by atoms with Crippen molar-refractivity contribution in [3.63, 3.8) is 0 Å². The lowest BCUT2D eigenvalue weighted by Crippen LogP contribution is -2.31. The van der Waals surface area contributed by atoms with Gasteiger partial charge in [0, 0.05) is 43.5 Å². The highest BCUT2D eigenvalue weighted by molar-refractivity contribution is 7.89. The van der Waals surface area contributed by atoms with Crippen LogP contribution in [0, 0.1) is 6.92 Å². The third-order valence-corrected chi connectivity index (χ3v) is 7.68. The maximum atomic E-state index is 12.9. The number of nitrogens with one attached hydrogen (secondary N) is 1. The first-order chi connectivity index (χ1) is 15.3. The number of hydrogen-bond donors (Lipinski definition) is 1. The molecular weight excluding hydrogens is 426 g/mol. The molecule has 0 spiro atoms. The molecule has 0 bridgehead atoms. The second-order valence-corrected chi connectivity index (χ2v) is 9.54. The Hall–Kier alpha value is -2.97. The zero-order chi connectivity index (χ0) is 23.3. The van der Waals surface area contributed by atoms with Gasteiger partial charge in [-0.15, -0.1) is 0 Å². The van der Waals surface area contributed by atoms with Gasteiger partial charge in [0.25, 0.3) is 0 Å². The van der Waals surface area contributed by atoms with E-state index in [0.29, 0.717) is 30.8 Å². The molecule has 0 aliphatic carbocycles. The van der Waals surface area contributed by atoms with Gasteiger partial charge in [0.1, 0.15) is 0 Å². The molecule has 1 N–H and O–H groups in total. The maximum absolute atomic E-state index is 12.9. The molecule has 0 saturated carbocycles. The second-order valence-electron chi connectivity index (χ2n) is 7.63. The van der Waals surface area contributed by atoms with Crippen molar-refractivity contribution in [2.45, 2.75) is 38.5 Å². The predicted octanol–water partition coefficient (Wildman–Crippen LogP) is 3.80. The molecule has 170 valence electrons. The number of carbonyl (C=O) groups excluding carboxylic acids is 2. The van der Waals surface area contributed by atoms with Gasteiger partial charge in [0.05, 0.1) is 4.90 Å². The van der Waals surface area contributed by atoms with E-state index in [2.05, 4.69) is 5.32 Å². The number of benzene rings is 2. The van der Waals surface area contributed by atoms with Gasteiger partial charge < -0.3 is 10.2 Å². The van der Waals surface area contributed by atoms with Gasteiger partial charge in [0.2, 0.25) is 21.8 Å². The summed E-state index contributed by atoms with van der Waals surface area (Å²) in [6.07, 6.45) is 4.53. The van der Waals surface area contributed by atoms with Crippen LogP contribution in [0.1, 0.15) is 37.8 Å². The molecule has 1 heterocycles. The third kappa shape index (κ3) is 5.26. The molecule has 2 aromatic carbocycles. The van der Waals surface area contributed by atoms with Crippen LogP contribution >= 0.6 is 0 Å². The van der Waals surface area contributed by atoms with Gasteiger partial charge in [-0.25, -0.2) is 8.42 Å². The van der Waals surface area contributed by atoms with E-state index in [-0.39, 0.29) is 16.7 Å². The largest absolute Gasteiger partial charge is 0.322 e. The number of carbonyl (C=O) groups is 2. The van der Waals surface area contributed by atoms with Crippen LogP contribution in [0.15, 0.2) is 53.4 Å². The van der Waals surface area contributed by atoms with Crippen LogP contribution in [0.3, 0.4) is 0 Å². The van der Waals surface area contributed by atoms with Crippen LogP contribution in [-0.2, 0) is 19.6 Å². The van der Waals surface area contributed by atoms with Gasteiger partial charge in [-0.2, -0.15) is 4.31 Å². The number of aryl methyl sites for hydroxylation is 1. The van der Waals surface area contributed by atoms with Gasteiger partial charge in [0.15, 0.2) is 0 Å². The standard InChI is InChI=1S/C24H29N3O4S/c1-4-26(5-2)32(30,31)22-17-20(12-8-18(22)3)25-23(28)15-11-19-9-13-21(14-10-19)27-16-6-7-24(27)29/h8-15,17H,4-7,16H2,1-3H3,(H,25,28)/b15-11+. The van der Waals surface area contributed by atoms with Gasteiger partial charge in [-0.1, -0.05) is 32.0 Å². The van der Waals surface area contributed by atoms with Gasteiger partial charge >= 0.3 is 0 Å². The molecule has 2 amide bonds. The van der Waals surface area contributed by atoms with Crippen molar-refractivity contribution < 1.29 is 18.0 Å². The lowest BCUT2D eigenvalue weighted by Gasteiger charge is -2.20. The minimum absolute atomic E-state index is 0.133. The molecule has 0 atom stereocenters. The van der Waals surface area contributed by atoms with Crippen molar-refractivity contribution in [3.05, 3.63) is 59.7 Å². The van der Waals surface area contributed by atoms with Crippen LogP contribution in [0.2, 0.25) is 0 Å². The molecule has 32 heavy (non-hydrogen) atoms. The topological polar surface area (TPSA) is 86.8 Å². The number of amides is 2. The molecule has 0 unspecified atom stereocenters. The second kappa shape index (κ2) is 10.1. The van der Waals surface area contributed by atoms with Crippen LogP contribution < -0.4 is 10.2 Å². The van der Waals surface area contributed by atoms with Crippen molar-refractivity contribution in [3.8, 4) is 0 Å². The quantitative estimate of drug-likeness (QED) is 0.614. The molecule has 3 rings (SSSR count). The Morgan fingerprint density at radius 1 is 1.12 bits per heavy atom. The maximum Gasteiger partial charge on any atom is 0.248 e. The fourth-order valence-corrected chi connectivity index (χ4v) is 5.41. The van der Waals surface area contributed by atoms with Gasteiger partial charge in [-0.05, 0) is 54.8 Å². The lowest BCUT2D eigenvalue weighted by atomic mass is 10.2. The minimum atomic E-state index is -3.62. The molecule has 0 aromatic heterocycles. The van der Waals surface area contributed by atoms with Crippen LogP contribution in [0.4, 0.5) is 11.4 Å². The van der Waals surface area contributed by atoms with Gasteiger partial charge in [-0.3, -0.25) is 9.59 Å². The van der Waals surface area contributed by atoms with E-state index < -0.39 is 10.0 Å². The Morgan fingerprint density at radius 3 is 2.41 bits per heavy atom. The van der Waals surface area contributed by atoms with Crippen molar-refractivity contribution in [2.75, 3.05) is 29.9 Å². The number of sulfonamides is 1. The number of anilines is 2. The van der Waals surface area contributed by atoms with Crippen molar-refractivity contribution in [1.82, 2.24) is 4.31 Å². The highest BCUT2D eigenvalue weighted by Crippen LogP contribution is 2.24. The normalized spacial score (nSPS) is 14.5. The molecule has 7 nitrogen and oxygen atoms in total. The number of rotatable bonds is 8. The summed E-state index contributed by atoms with van der Waals surface area (Å²) in [5.41, 5.74) is 2.72. The van der Waals surface area contributed by atoms with E-state index in [4.69, 9.17) is 0 Å². The molecule has 1 fully saturated rings. The summed E-state index contributed by atoms with van der Waals surface area (Å²) in [6.45, 7) is 6.81. The van der Waals surface area contributed by atoms with E-state index in [1.807, 2.05) is 24.3 Å². The first-order valence-electron chi connectivity index (χ1n) is 10.8. The average molecular weight is 456 g/mol. The summed E-state index contributed by atoms with van der Waals surface area (Å²) >= 11 is 0. The summed E-state index contributed by atoms with van der Waals surface area (Å²) in [5, 5.41) is 2.73. The van der Waals surface area contributed by atoms with E-state index in [0.717, 1.165) is 24.2 Å². The van der Waals surface area contributed by atoms with Crippen molar-refractivity contribution in [2.24, 2.45) is 0 Å². The Bertz CT molecular complexity index is 1120. The zero-order valence-electron chi connectivity index (χ0n) is 18.7. The van der Waals surface area contributed by atoms with E-state index in [1.54, 1.807) is 43.9 Å². The number of nitrogens with zero attached hydrogens (tertiary/aromatic N) is 2. The Balaban J connectivity index is 1.70. The smallest absolute Gasteiger partial charge is 0.248 e. The van der Waals surface area contributed by atoms with Crippen molar-refractivity contribution in [1.29, 1.82) is 0 Å². The minimum Gasteiger partial charge on any atom is -0.322 e. The zero-order valence-corrected chi connectivity index (χ0v) is 19.5. The number of hydrogen-bond acceptors (Lipinski definition) is 4. The fraction of sp³-hybridized carbons (Fsp3) is 0.333. The van der Waals surface area contributed by atoms with E-state index >= 15 is 0 Å². The Kier molecular flexibility index (Phi) is 7.48.